The number of para-hydroxylation sites is 2. The molecule has 0 saturated heterocycles. The van der Waals surface area contributed by atoms with E-state index in [9.17, 15) is 0 Å². The zero-order chi connectivity index (χ0) is 34.8. The summed E-state index contributed by atoms with van der Waals surface area (Å²) in [6.07, 6.45) is 3.08. The highest BCUT2D eigenvalue weighted by atomic mass is 16.5. The zero-order valence-electron chi connectivity index (χ0n) is 29.1. The van der Waals surface area contributed by atoms with Crippen LogP contribution in [0, 0.1) is 13.8 Å². The van der Waals surface area contributed by atoms with Crippen LogP contribution in [0.2, 0.25) is 0 Å². The molecule has 250 valence electrons. The highest BCUT2D eigenvalue weighted by Gasteiger charge is 2.33. The number of hydrogen-bond donors (Lipinski definition) is 0. The lowest BCUT2D eigenvalue weighted by molar-refractivity contribution is 0.276. The van der Waals surface area contributed by atoms with Crippen LogP contribution in [-0.4, -0.2) is 6.10 Å². The third-order valence-corrected chi connectivity index (χ3v) is 10.5. The Hall–Kier alpha value is -6.52. The molecule has 1 aromatic heterocycles. The quantitative estimate of drug-likeness (QED) is 0.176. The summed E-state index contributed by atoms with van der Waals surface area (Å²) in [5, 5.41) is 2.24. The highest BCUT2D eigenvalue weighted by Crippen LogP contribution is 2.47. The lowest BCUT2D eigenvalue weighted by Crippen LogP contribution is -2.19. The molecule has 2 heterocycles. The van der Waals surface area contributed by atoms with Crippen molar-refractivity contribution in [3.05, 3.63) is 186 Å². The molecule has 52 heavy (non-hydrogen) atoms. The van der Waals surface area contributed by atoms with Gasteiger partial charge in [0.1, 0.15) is 23.0 Å². The fraction of sp³-hybridized carbons (Fsp3) is 0.0833. The first-order chi connectivity index (χ1) is 25.6. The van der Waals surface area contributed by atoms with Crippen molar-refractivity contribution in [2.24, 2.45) is 0 Å². The zero-order valence-corrected chi connectivity index (χ0v) is 29.1. The van der Waals surface area contributed by atoms with Crippen LogP contribution in [0.5, 0.6) is 5.75 Å². The van der Waals surface area contributed by atoms with Crippen LogP contribution >= 0.6 is 0 Å². The van der Waals surface area contributed by atoms with Gasteiger partial charge in [-0.05, 0) is 116 Å². The SMILES string of the molecule is Cc1ccc(N(c2ccccc2)c2ccc3c(c2)OC2Cc4cc5oc6cc(N(c7ccccc7)c7ccc(C)cc7)ccc6c5cc4C=C32)cc1. The minimum Gasteiger partial charge on any atom is -0.485 e. The summed E-state index contributed by atoms with van der Waals surface area (Å²) in [4.78, 5) is 4.57. The smallest absolute Gasteiger partial charge is 0.137 e. The normalized spacial score (nSPS) is 14.3. The maximum absolute atomic E-state index is 6.72. The first-order valence-corrected chi connectivity index (χ1v) is 17.9. The molecule has 0 amide bonds. The number of aryl methyl sites for hydroxylation is 2. The number of ether oxygens (including phenoxy) is 1. The highest BCUT2D eigenvalue weighted by molar-refractivity contribution is 6.08. The molecule has 1 aliphatic heterocycles. The summed E-state index contributed by atoms with van der Waals surface area (Å²) in [5.41, 5.74) is 15.7. The van der Waals surface area contributed by atoms with Gasteiger partial charge in [-0.2, -0.15) is 0 Å². The molecule has 7 aromatic carbocycles. The van der Waals surface area contributed by atoms with Gasteiger partial charge in [-0.15, -0.1) is 0 Å². The van der Waals surface area contributed by atoms with Crippen LogP contribution in [0.3, 0.4) is 0 Å². The summed E-state index contributed by atoms with van der Waals surface area (Å²) < 4.78 is 13.3. The van der Waals surface area contributed by atoms with E-state index in [4.69, 9.17) is 9.15 Å². The van der Waals surface area contributed by atoms with Gasteiger partial charge >= 0.3 is 0 Å². The standard InChI is InChI=1S/C48H36N2O2/c1-31-13-17-37(18-14-31)49(35-9-5-3-6-10-35)39-21-23-41-43-25-33-26-44-42-24-22-40(50(36-11-7-4-8-12-36)38-19-15-32(2)16-20-38)30-48(42)52-46(44)28-34(33)27-45(43)51-47(41)29-39/h3-27,29-30,46H,28H2,1-2H3. The van der Waals surface area contributed by atoms with E-state index in [1.807, 2.05) is 0 Å². The molecule has 1 atom stereocenters. The largest absolute Gasteiger partial charge is 0.485 e. The van der Waals surface area contributed by atoms with Gasteiger partial charge < -0.3 is 19.0 Å². The van der Waals surface area contributed by atoms with Crippen molar-refractivity contribution in [1.29, 1.82) is 0 Å². The van der Waals surface area contributed by atoms with Crippen molar-refractivity contribution >= 4 is 67.7 Å². The van der Waals surface area contributed by atoms with Crippen LogP contribution in [-0.2, 0) is 6.42 Å². The predicted octanol–water partition coefficient (Wildman–Crippen LogP) is 13.0. The molecule has 0 bridgehead atoms. The molecule has 0 radical (unpaired) electrons. The molecule has 0 N–H and O–H groups in total. The first kappa shape index (κ1) is 30.3. The van der Waals surface area contributed by atoms with E-state index in [1.165, 1.54) is 27.8 Å². The van der Waals surface area contributed by atoms with Gasteiger partial charge in [-0.3, -0.25) is 0 Å². The van der Waals surface area contributed by atoms with Crippen molar-refractivity contribution in [1.82, 2.24) is 0 Å². The number of fused-ring (bicyclic) bond motifs is 7. The minimum atomic E-state index is -0.0373. The van der Waals surface area contributed by atoms with Crippen LogP contribution in [0.25, 0.3) is 33.6 Å². The lowest BCUT2D eigenvalue weighted by atomic mass is 9.87. The fourth-order valence-electron chi connectivity index (χ4n) is 7.82. The predicted molar refractivity (Wildman–Crippen MR) is 215 cm³/mol. The number of nitrogens with zero attached hydrogens (tertiary/aromatic N) is 2. The van der Waals surface area contributed by atoms with Gasteiger partial charge in [0, 0.05) is 74.6 Å². The third kappa shape index (κ3) is 5.15. The lowest BCUT2D eigenvalue weighted by Gasteiger charge is -2.26. The molecule has 0 fully saturated rings. The second-order valence-corrected chi connectivity index (χ2v) is 13.9. The Bertz CT molecular complexity index is 2640. The van der Waals surface area contributed by atoms with E-state index in [2.05, 4.69) is 187 Å². The minimum absolute atomic E-state index is 0.0373. The monoisotopic (exact) mass is 672 g/mol. The summed E-state index contributed by atoms with van der Waals surface area (Å²) in [7, 11) is 0. The average molecular weight is 673 g/mol. The number of anilines is 6. The number of furan rings is 1. The first-order valence-electron chi connectivity index (χ1n) is 17.9. The van der Waals surface area contributed by atoms with Gasteiger partial charge in [-0.1, -0.05) is 71.8 Å². The molecule has 4 nitrogen and oxygen atoms in total. The average Bonchev–Trinajstić information content (AvgIpc) is 3.71. The number of benzene rings is 7. The van der Waals surface area contributed by atoms with Crippen molar-refractivity contribution in [2.45, 2.75) is 26.4 Å². The van der Waals surface area contributed by atoms with Crippen LogP contribution in [0.15, 0.2) is 162 Å². The summed E-state index contributed by atoms with van der Waals surface area (Å²) >= 11 is 0. The molecule has 0 spiro atoms. The number of rotatable bonds is 6. The van der Waals surface area contributed by atoms with Crippen molar-refractivity contribution in [2.75, 3.05) is 9.80 Å². The molecule has 10 rings (SSSR count). The molecule has 1 aliphatic carbocycles. The van der Waals surface area contributed by atoms with E-state index in [0.29, 0.717) is 0 Å². The molecule has 8 aromatic rings. The van der Waals surface area contributed by atoms with Crippen LogP contribution < -0.4 is 14.5 Å². The second-order valence-electron chi connectivity index (χ2n) is 13.9. The van der Waals surface area contributed by atoms with Crippen molar-refractivity contribution < 1.29 is 9.15 Å². The molecule has 1 unspecified atom stereocenters. The maximum Gasteiger partial charge on any atom is 0.137 e. The van der Waals surface area contributed by atoms with E-state index >= 15 is 0 Å². The van der Waals surface area contributed by atoms with Gasteiger partial charge in [0.15, 0.2) is 0 Å². The van der Waals surface area contributed by atoms with Gasteiger partial charge in [0.2, 0.25) is 0 Å². The van der Waals surface area contributed by atoms with E-state index in [0.717, 1.165) is 73.8 Å². The Labute approximate surface area is 303 Å². The van der Waals surface area contributed by atoms with Gasteiger partial charge in [-0.25, -0.2) is 0 Å². The Morgan fingerprint density at radius 1 is 0.500 bits per heavy atom. The molecule has 4 heteroatoms. The maximum atomic E-state index is 6.72. The Morgan fingerprint density at radius 2 is 1.04 bits per heavy atom. The Kier molecular flexibility index (Phi) is 7.03. The van der Waals surface area contributed by atoms with Crippen LogP contribution in [0.1, 0.15) is 27.8 Å². The topological polar surface area (TPSA) is 28.9 Å². The van der Waals surface area contributed by atoms with E-state index in [-0.39, 0.29) is 6.10 Å². The van der Waals surface area contributed by atoms with Crippen molar-refractivity contribution in [3.8, 4) is 5.75 Å². The Morgan fingerprint density at radius 3 is 1.67 bits per heavy atom. The molecular formula is C48H36N2O2. The summed E-state index contributed by atoms with van der Waals surface area (Å²) in [6, 6.07) is 56.1. The van der Waals surface area contributed by atoms with Gasteiger partial charge in [0.05, 0.1) is 0 Å². The fourth-order valence-corrected chi connectivity index (χ4v) is 7.82. The Balaban J connectivity index is 1.01. The van der Waals surface area contributed by atoms with Gasteiger partial charge in [0.25, 0.3) is 0 Å². The van der Waals surface area contributed by atoms with Crippen LogP contribution in [0.4, 0.5) is 34.1 Å². The van der Waals surface area contributed by atoms with E-state index < -0.39 is 0 Å². The third-order valence-electron chi connectivity index (χ3n) is 10.5. The van der Waals surface area contributed by atoms with E-state index in [1.54, 1.807) is 0 Å². The van der Waals surface area contributed by atoms with Crippen molar-refractivity contribution in [3.63, 3.8) is 0 Å². The molecular weight excluding hydrogens is 637 g/mol. The number of hydrogen-bond acceptors (Lipinski definition) is 4. The molecule has 2 aliphatic rings. The molecule has 0 saturated carbocycles. The summed E-state index contributed by atoms with van der Waals surface area (Å²) in [6.45, 7) is 4.24. The second kappa shape index (κ2) is 12.1. The summed E-state index contributed by atoms with van der Waals surface area (Å²) in [5.74, 6) is 0.924.